The van der Waals surface area contributed by atoms with Crippen LogP contribution in [0.2, 0.25) is 0 Å². The van der Waals surface area contributed by atoms with Crippen LogP contribution in [0.25, 0.3) is 0 Å². The number of nitrogens with zero attached hydrogens (tertiary/aromatic N) is 1. The van der Waals surface area contributed by atoms with Gasteiger partial charge in [0.1, 0.15) is 0 Å². The lowest BCUT2D eigenvalue weighted by Gasteiger charge is -2.21. The average molecular weight is 201 g/mol. The molecule has 0 aromatic heterocycles. The van der Waals surface area contributed by atoms with Crippen LogP contribution in [0.4, 0.5) is 0 Å². The fourth-order valence-corrected chi connectivity index (χ4v) is 1.68. The molecule has 1 atom stereocenters. The highest BCUT2D eigenvalue weighted by molar-refractivity contribution is 4.62. The van der Waals surface area contributed by atoms with E-state index in [-0.39, 0.29) is 6.10 Å². The lowest BCUT2D eigenvalue weighted by Crippen LogP contribution is -2.32. The van der Waals surface area contributed by atoms with Crippen LogP contribution in [0, 0.1) is 0 Å². The molecule has 0 aliphatic heterocycles. The number of hydrogen-bond donors (Lipinski definition) is 1. The van der Waals surface area contributed by atoms with E-state index in [1.807, 2.05) is 0 Å². The number of aliphatic hydroxyl groups is 1. The Hall–Kier alpha value is -0.0800. The third-order valence-corrected chi connectivity index (χ3v) is 2.75. The summed E-state index contributed by atoms with van der Waals surface area (Å²) in [6.07, 6.45) is 5.87. The van der Waals surface area contributed by atoms with Gasteiger partial charge in [-0.05, 0) is 19.5 Å². The summed E-state index contributed by atoms with van der Waals surface area (Å²) in [6, 6.07) is 0. The van der Waals surface area contributed by atoms with Gasteiger partial charge in [0.2, 0.25) is 0 Å². The summed E-state index contributed by atoms with van der Waals surface area (Å²) in [7, 11) is 0. The Kier molecular flexibility index (Phi) is 9.42. The van der Waals surface area contributed by atoms with Crippen molar-refractivity contribution < 1.29 is 5.11 Å². The first-order chi connectivity index (χ1) is 6.74. The number of hydrogen-bond acceptors (Lipinski definition) is 2. The predicted octanol–water partition coefficient (Wildman–Crippen LogP) is 2.66. The molecule has 0 amide bonds. The zero-order chi connectivity index (χ0) is 10.8. The van der Waals surface area contributed by atoms with E-state index in [4.69, 9.17) is 0 Å². The lowest BCUT2D eigenvalue weighted by molar-refractivity contribution is 0.108. The van der Waals surface area contributed by atoms with Crippen molar-refractivity contribution in [2.24, 2.45) is 0 Å². The topological polar surface area (TPSA) is 23.5 Å². The molecule has 0 saturated heterocycles. The molecule has 0 aliphatic rings. The van der Waals surface area contributed by atoms with Gasteiger partial charge in [0.15, 0.2) is 0 Å². The first kappa shape index (κ1) is 13.9. The van der Waals surface area contributed by atoms with Gasteiger partial charge < -0.3 is 10.0 Å². The first-order valence-corrected chi connectivity index (χ1v) is 6.14. The molecule has 0 rings (SSSR count). The number of likely N-dealkylation sites (N-methyl/N-ethyl adjacent to an activating group) is 1. The van der Waals surface area contributed by atoms with Crippen molar-refractivity contribution in [1.82, 2.24) is 4.90 Å². The Morgan fingerprint density at radius 1 is 1.00 bits per heavy atom. The summed E-state index contributed by atoms with van der Waals surface area (Å²) >= 11 is 0. The molecule has 0 aromatic rings. The van der Waals surface area contributed by atoms with E-state index in [1.54, 1.807) is 0 Å². The van der Waals surface area contributed by atoms with Gasteiger partial charge in [0.25, 0.3) is 0 Å². The van der Waals surface area contributed by atoms with Crippen LogP contribution in [0.15, 0.2) is 0 Å². The lowest BCUT2D eigenvalue weighted by atomic mass is 10.1. The van der Waals surface area contributed by atoms with Crippen LogP contribution < -0.4 is 0 Å². The molecule has 14 heavy (non-hydrogen) atoms. The molecule has 1 unspecified atom stereocenters. The monoisotopic (exact) mass is 201 g/mol. The summed E-state index contributed by atoms with van der Waals surface area (Å²) in [6.45, 7) is 9.44. The van der Waals surface area contributed by atoms with Gasteiger partial charge >= 0.3 is 0 Å². The van der Waals surface area contributed by atoms with Crippen LogP contribution in [0.3, 0.4) is 0 Å². The molecule has 0 radical (unpaired) electrons. The number of rotatable bonds is 9. The van der Waals surface area contributed by atoms with Crippen LogP contribution in [-0.4, -0.2) is 35.7 Å². The molecule has 1 N–H and O–H groups in total. The molecule has 2 nitrogen and oxygen atoms in total. The SMILES string of the molecule is CCCCCCC(O)CN(CC)CC. The van der Waals surface area contributed by atoms with Crippen LogP contribution in [0.5, 0.6) is 0 Å². The summed E-state index contributed by atoms with van der Waals surface area (Å²) in [4.78, 5) is 2.28. The number of unbranched alkanes of at least 4 members (excludes halogenated alkanes) is 3. The fourth-order valence-electron chi connectivity index (χ4n) is 1.68. The van der Waals surface area contributed by atoms with E-state index < -0.39 is 0 Å². The summed E-state index contributed by atoms with van der Waals surface area (Å²) in [5.41, 5.74) is 0. The standard InChI is InChI=1S/C12H27NO/c1-4-7-8-9-10-12(14)11-13(5-2)6-3/h12,14H,4-11H2,1-3H3. The normalized spacial score (nSPS) is 13.5. The fraction of sp³-hybridized carbons (Fsp3) is 1.00. The third kappa shape index (κ3) is 7.34. The van der Waals surface area contributed by atoms with E-state index in [9.17, 15) is 5.11 Å². The molecule has 86 valence electrons. The van der Waals surface area contributed by atoms with E-state index >= 15 is 0 Å². The van der Waals surface area contributed by atoms with E-state index in [0.29, 0.717) is 0 Å². The molecular formula is C12H27NO. The highest BCUT2D eigenvalue weighted by Crippen LogP contribution is 2.06. The minimum atomic E-state index is -0.119. The molecule has 0 aliphatic carbocycles. The summed E-state index contributed by atoms with van der Waals surface area (Å²) in [5.74, 6) is 0. The van der Waals surface area contributed by atoms with Crippen molar-refractivity contribution in [3.05, 3.63) is 0 Å². The van der Waals surface area contributed by atoms with Crippen LogP contribution >= 0.6 is 0 Å². The molecule has 2 heteroatoms. The molecule has 0 heterocycles. The maximum atomic E-state index is 9.74. The summed E-state index contributed by atoms with van der Waals surface area (Å²) < 4.78 is 0. The zero-order valence-corrected chi connectivity index (χ0v) is 10.1. The van der Waals surface area contributed by atoms with Crippen molar-refractivity contribution in [3.8, 4) is 0 Å². The van der Waals surface area contributed by atoms with Crippen molar-refractivity contribution in [2.75, 3.05) is 19.6 Å². The second-order valence-corrected chi connectivity index (χ2v) is 3.99. The second-order valence-electron chi connectivity index (χ2n) is 3.99. The van der Waals surface area contributed by atoms with Gasteiger partial charge in [0.05, 0.1) is 6.10 Å². The first-order valence-electron chi connectivity index (χ1n) is 6.14. The molecule has 0 aromatic carbocycles. The van der Waals surface area contributed by atoms with E-state index in [2.05, 4.69) is 25.7 Å². The average Bonchev–Trinajstić information content (AvgIpc) is 2.21. The molecule has 0 bridgehead atoms. The largest absolute Gasteiger partial charge is 0.392 e. The summed E-state index contributed by atoms with van der Waals surface area (Å²) in [5, 5.41) is 9.74. The predicted molar refractivity (Wildman–Crippen MR) is 62.6 cm³/mol. The third-order valence-electron chi connectivity index (χ3n) is 2.75. The van der Waals surface area contributed by atoms with Crippen molar-refractivity contribution in [3.63, 3.8) is 0 Å². The molecule has 0 saturated carbocycles. The molecular weight excluding hydrogens is 174 g/mol. The van der Waals surface area contributed by atoms with Crippen LogP contribution in [0.1, 0.15) is 52.9 Å². The van der Waals surface area contributed by atoms with E-state index in [0.717, 1.165) is 26.1 Å². The maximum Gasteiger partial charge on any atom is 0.0667 e. The highest BCUT2D eigenvalue weighted by atomic mass is 16.3. The smallest absolute Gasteiger partial charge is 0.0667 e. The van der Waals surface area contributed by atoms with E-state index in [1.165, 1.54) is 25.7 Å². The highest BCUT2D eigenvalue weighted by Gasteiger charge is 2.07. The van der Waals surface area contributed by atoms with Gasteiger partial charge in [0, 0.05) is 6.54 Å². The Labute approximate surface area is 89.3 Å². The number of aliphatic hydroxyl groups excluding tert-OH is 1. The minimum absolute atomic E-state index is 0.119. The van der Waals surface area contributed by atoms with Crippen molar-refractivity contribution in [1.29, 1.82) is 0 Å². The second kappa shape index (κ2) is 9.47. The van der Waals surface area contributed by atoms with Gasteiger partial charge in [-0.15, -0.1) is 0 Å². The minimum Gasteiger partial charge on any atom is -0.392 e. The Balaban J connectivity index is 3.38. The van der Waals surface area contributed by atoms with Gasteiger partial charge in [-0.1, -0.05) is 46.5 Å². The zero-order valence-electron chi connectivity index (χ0n) is 10.1. The molecule has 0 fully saturated rings. The van der Waals surface area contributed by atoms with Gasteiger partial charge in [-0.25, -0.2) is 0 Å². The van der Waals surface area contributed by atoms with Crippen molar-refractivity contribution >= 4 is 0 Å². The Morgan fingerprint density at radius 3 is 2.14 bits per heavy atom. The van der Waals surface area contributed by atoms with Gasteiger partial charge in [-0.2, -0.15) is 0 Å². The van der Waals surface area contributed by atoms with Crippen molar-refractivity contribution in [2.45, 2.75) is 59.0 Å². The maximum absolute atomic E-state index is 9.74. The Morgan fingerprint density at radius 2 is 1.64 bits per heavy atom. The van der Waals surface area contributed by atoms with Crippen LogP contribution in [-0.2, 0) is 0 Å². The quantitative estimate of drug-likeness (QED) is 0.580. The molecule has 0 spiro atoms. The Bertz CT molecular complexity index is 113. The van der Waals surface area contributed by atoms with Gasteiger partial charge in [-0.3, -0.25) is 0 Å².